The molecule has 7 nitrogen and oxygen atoms in total. The van der Waals surface area contributed by atoms with Crippen molar-refractivity contribution in [3.8, 4) is 23.1 Å². The lowest BCUT2D eigenvalue weighted by Gasteiger charge is -2.42. The summed E-state index contributed by atoms with van der Waals surface area (Å²) in [6.45, 7) is 2.24. The molecule has 1 aromatic heterocycles. The summed E-state index contributed by atoms with van der Waals surface area (Å²) in [7, 11) is 1.60. The van der Waals surface area contributed by atoms with Gasteiger partial charge < -0.3 is 20.3 Å². The molecule has 208 valence electrons. The van der Waals surface area contributed by atoms with Crippen molar-refractivity contribution in [3.63, 3.8) is 0 Å². The summed E-state index contributed by atoms with van der Waals surface area (Å²) in [5.74, 6) is 0.599. The summed E-state index contributed by atoms with van der Waals surface area (Å²) in [4.78, 5) is 20.3. The Bertz CT molecular complexity index is 1410. The number of nitrogens with one attached hydrogen (secondary N) is 2. The van der Waals surface area contributed by atoms with Crippen LogP contribution in [0.5, 0.6) is 5.75 Å². The molecule has 2 aliphatic heterocycles. The molecule has 0 aliphatic carbocycles. The fourth-order valence-electron chi connectivity index (χ4n) is 5.45. The molecule has 0 unspecified atom stereocenters. The number of hydrogen-bond acceptors (Lipinski definition) is 6. The zero-order valence-electron chi connectivity index (χ0n) is 22.1. The first-order valence-electron chi connectivity index (χ1n) is 13.2. The largest absolute Gasteiger partial charge is 0.496 e. The van der Waals surface area contributed by atoms with Crippen LogP contribution >= 0.6 is 0 Å². The first-order chi connectivity index (χ1) is 19.2. The molecular weight excluding hydrogens is 519 g/mol. The summed E-state index contributed by atoms with van der Waals surface area (Å²) in [6.07, 6.45) is -0.965. The van der Waals surface area contributed by atoms with Crippen LogP contribution in [0.4, 0.5) is 18.9 Å². The fraction of sp³-hybridized carbons (Fsp3) is 0.367. The molecule has 0 radical (unpaired) electrons. The van der Waals surface area contributed by atoms with Crippen molar-refractivity contribution in [2.24, 2.45) is 0 Å². The molecule has 3 aromatic rings. The van der Waals surface area contributed by atoms with E-state index in [1.807, 2.05) is 47.4 Å². The van der Waals surface area contributed by atoms with Crippen LogP contribution in [0.25, 0.3) is 11.3 Å². The first-order valence-corrected chi connectivity index (χ1v) is 13.2. The number of carbonyl (C=O) groups is 1. The Morgan fingerprint density at radius 1 is 1.20 bits per heavy atom. The van der Waals surface area contributed by atoms with Gasteiger partial charge >= 0.3 is 6.18 Å². The molecule has 2 fully saturated rings. The Balaban J connectivity index is 1.42. The van der Waals surface area contributed by atoms with Crippen molar-refractivity contribution in [1.82, 2.24) is 15.6 Å². The molecule has 10 heteroatoms. The lowest BCUT2D eigenvalue weighted by molar-refractivity contribution is -0.137. The molecule has 0 saturated carbocycles. The third-order valence-electron chi connectivity index (χ3n) is 7.97. The minimum atomic E-state index is -4.53. The van der Waals surface area contributed by atoms with Crippen LogP contribution in [0.2, 0.25) is 0 Å². The normalized spacial score (nSPS) is 18.4. The van der Waals surface area contributed by atoms with Gasteiger partial charge in [0, 0.05) is 37.4 Å². The monoisotopic (exact) mass is 549 g/mol. The average molecular weight is 550 g/mol. The number of halogens is 3. The smallest absolute Gasteiger partial charge is 0.416 e. The van der Waals surface area contributed by atoms with Gasteiger partial charge in [0.05, 0.1) is 35.0 Å². The number of benzene rings is 2. The molecular formula is C30H30F3N5O2. The predicted molar refractivity (Wildman–Crippen MR) is 145 cm³/mol. The number of carbonyl (C=O) groups excluding carboxylic acids is 1. The first kappa shape index (κ1) is 27.5. The maximum absolute atomic E-state index is 13.8. The second-order valence-electron chi connectivity index (χ2n) is 10.2. The van der Waals surface area contributed by atoms with E-state index >= 15 is 0 Å². The van der Waals surface area contributed by atoms with Crippen molar-refractivity contribution in [1.29, 1.82) is 5.26 Å². The van der Waals surface area contributed by atoms with Crippen molar-refractivity contribution in [2.75, 3.05) is 38.2 Å². The second-order valence-corrected chi connectivity index (χ2v) is 10.2. The van der Waals surface area contributed by atoms with Gasteiger partial charge in [0.1, 0.15) is 11.8 Å². The van der Waals surface area contributed by atoms with Crippen molar-refractivity contribution in [2.45, 2.75) is 36.9 Å². The maximum atomic E-state index is 13.8. The minimum absolute atomic E-state index is 0.0364. The van der Waals surface area contributed by atoms with Crippen LogP contribution < -0.4 is 20.3 Å². The molecule has 0 bridgehead atoms. The van der Waals surface area contributed by atoms with E-state index in [2.05, 4.69) is 15.6 Å². The number of anilines is 1. The number of nitrogens with zero attached hydrogens (tertiary/aromatic N) is 3. The summed E-state index contributed by atoms with van der Waals surface area (Å²) in [5, 5.41) is 16.0. The molecule has 2 N–H and O–H groups in total. The van der Waals surface area contributed by atoms with Crippen molar-refractivity contribution < 1.29 is 22.7 Å². The predicted octanol–water partition coefficient (Wildman–Crippen LogP) is 4.66. The topological polar surface area (TPSA) is 90.3 Å². The minimum Gasteiger partial charge on any atom is -0.496 e. The Hall–Kier alpha value is -4.10. The molecule has 40 heavy (non-hydrogen) atoms. The molecule has 1 atom stereocenters. The van der Waals surface area contributed by atoms with Gasteiger partial charge in [-0.15, -0.1) is 0 Å². The fourth-order valence-corrected chi connectivity index (χ4v) is 5.45. The van der Waals surface area contributed by atoms with Gasteiger partial charge in [-0.3, -0.25) is 9.78 Å². The van der Waals surface area contributed by atoms with Gasteiger partial charge in [0.15, 0.2) is 0 Å². The molecule has 1 amide bonds. The van der Waals surface area contributed by atoms with Crippen LogP contribution in [0.15, 0.2) is 60.8 Å². The van der Waals surface area contributed by atoms with Gasteiger partial charge in [0.2, 0.25) is 5.91 Å². The van der Waals surface area contributed by atoms with Crippen LogP contribution in [0.1, 0.15) is 36.0 Å². The number of para-hydroxylation sites is 1. The molecule has 3 heterocycles. The molecule has 0 spiro atoms. The Labute approximate surface area is 231 Å². The highest BCUT2D eigenvalue weighted by Crippen LogP contribution is 2.40. The van der Waals surface area contributed by atoms with E-state index in [0.717, 1.165) is 41.9 Å². The Kier molecular flexibility index (Phi) is 7.68. The lowest BCUT2D eigenvalue weighted by Crippen LogP contribution is -2.56. The average Bonchev–Trinajstić information content (AvgIpc) is 2.95. The van der Waals surface area contributed by atoms with E-state index in [9.17, 15) is 23.2 Å². The summed E-state index contributed by atoms with van der Waals surface area (Å²) >= 11 is 0. The number of methoxy groups -OCH3 is 1. The highest BCUT2D eigenvalue weighted by molar-refractivity contribution is 5.89. The molecule has 2 aliphatic rings. The van der Waals surface area contributed by atoms with Crippen molar-refractivity contribution >= 4 is 11.6 Å². The van der Waals surface area contributed by atoms with Gasteiger partial charge in [-0.25, -0.2) is 0 Å². The van der Waals surface area contributed by atoms with E-state index in [1.165, 1.54) is 6.07 Å². The number of hydrogen-bond donors (Lipinski definition) is 2. The van der Waals surface area contributed by atoms with Gasteiger partial charge in [-0.2, -0.15) is 18.4 Å². The number of ether oxygens (including phenoxy) is 1. The Morgan fingerprint density at radius 3 is 2.55 bits per heavy atom. The SMILES string of the molecule is COc1ccccc1-c1ccc(C2(C(=O)NC[C@@H]3CCN3)CCN(c3ccc(C(F)(F)F)cc3C#N)CC2)cn1. The standard InChI is InChI=1S/C30H30F3N5O2/c1-40-27-5-3-2-4-24(27)25-8-6-22(18-36-25)29(28(39)37-19-23-10-13-35-23)11-14-38(15-12-29)26-9-7-21(30(31,32)33)16-20(26)17-34/h2-9,16,18,23,35H,10-15,19H2,1H3,(H,37,39)/t23-/m0/s1. The lowest BCUT2D eigenvalue weighted by atomic mass is 9.72. The highest BCUT2D eigenvalue weighted by atomic mass is 19.4. The van der Waals surface area contributed by atoms with E-state index in [1.54, 1.807) is 13.3 Å². The number of nitriles is 1. The van der Waals surface area contributed by atoms with Crippen molar-refractivity contribution in [3.05, 3.63) is 77.5 Å². The zero-order valence-corrected chi connectivity index (χ0v) is 22.1. The van der Waals surface area contributed by atoms with Crippen LogP contribution in [0.3, 0.4) is 0 Å². The Morgan fingerprint density at radius 2 is 1.95 bits per heavy atom. The third kappa shape index (κ3) is 5.34. The summed E-state index contributed by atoms with van der Waals surface area (Å²) < 4.78 is 45.1. The maximum Gasteiger partial charge on any atom is 0.416 e. The molecule has 2 aromatic carbocycles. The number of alkyl halides is 3. The van der Waals surface area contributed by atoms with E-state index < -0.39 is 17.2 Å². The highest BCUT2D eigenvalue weighted by Gasteiger charge is 2.44. The number of pyridine rings is 1. The number of piperidine rings is 1. The van der Waals surface area contributed by atoms with E-state index in [0.29, 0.717) is 43.9 Å². The summed E-state index contributed by atoms with van der Waals surface area (Å²) in [6, 6.07) is 16.8. The summed E-state index contributed by atoms with van der Waals surface area (Å²) in [5.41, 5.74) is 1.01. The third-order valence-corrected chi connectivity index (χ3v) is 7.97. The van der Waals surface area contributed by atoms with E-state index in [-0.39, 0.29) is 17.5 Å². The van der Waals surface area contributed by atoms with Crippen LogP contribution in [0, 0.1) is 11.3 Å². The quantitative estimate of drug-likeness (QED) is 0.446. The van der Waals surface area contributed by atoms with Gasteiger partial charge in [0.25, 0.3) is 0 Å². The van der Waals surface area contributed by atoms with E-state index in [4.69, 9.17) is 4.74 Å². The molecule has 5 rings (SSSR count). The molecule has 2 saturated heterocycles. The second kappa shape index (κ2) is 11.2. The van der Waals surface area contributed by atoms with Gasteiger partial charge in [-0.1, -0.05) is 18.2 Å². The number of amides is 1. The number of aromatic nitrogens is 1. The van der Waals surface area contributed by atoms with Crippen LogP contribution in [-0.4, -0.2) is 50.2 Å². The van der Waals surface area contributed by atoms with Gasteiger partial charge in [-0.05, 0) is 67.8 Å². The zero-order chi connectivity index (χ0) is 28.3. The van der Waals surface area contributed by atoms with Crippen LogP contribution in [-0.2, 0) is 16.4 Å². The number of rotatable bonds is 7.